The van der Waals surface area contributed by atoms with E-state index >= 15 is 0 Å². The number of aliphatic hydroxyl groups excluding tert-OH is 2. The number of hydrogen-bond donors (Lipinski definition) is 2. The van der Waals surface area contributed by atoms with Crippen molar-refractivity contribution in [2.45, 2.75) is 26.1 Å². The van der Waals surface area contributed by atoms with Gasteiger partial charge in [0.05, 0.1) is 12.7 Å². The third-order valence-electron chi connectivity index (χ3n) is 2.97. The van der Waals surface area contributed by atoms with Crippen molar-refractivity contribution in [2.75, 3.05) is 0 Å². The molecular weight excluding hydrogens is 240 g/mol. The monoisotopic (exact) mass is 258 g/mol. The fourth-order valence-corrected chi connectivity index (χ4v) is 1.90. The molecule has 100 valence electrons. The molecule has 2 aromatic rings. The maximum atomic E-state index is 9.97. The zero-order chi connectivity index (χ0) is 13.7. The molecule has 2 aromatic carbocycles. The van der Waals surface area contributed by atoms with Gasteiger partial charge in [0.25, 0.3) is 0 Å². The van der Waals surface area contributed by atoms with Crippen LogP contribution in [0.2, 0.25) is 0 Å². The second kappa shape index (κ2) is 6.36. The van der Waals surface area contributed by atoms with Gasteiger partial charge < -0.3 is 14.9 Å². The number of ether oxygens (including phenoxy) is 1. The second-order valence-electron chi connectivity index (χ2n) is 4.37. The van der Waals surface area contributed by atoms with Crippen LogP contribution in [0.15, 0.2) is 48.5 Å². The predicted octanol–water partition coefficient (Wildman–Crippen LogP) is 3.41. The van der Waals surface area contributed by atoms with Crippen molar-refractivity contribution < 1.29 is 14.9 Å². The van der Waals surface area contributed by atoms with Gasteiger partial charge in [-0.1, -0.05) is 37.3 Å². The van der Waals surface area contributed by atoms with E-state index in [-0.39, 0.29) is 6.61 Å². The van der Waals surface area contributed by atoms with E-state index in [1.165, 1.54) is 0 Å². The van der Waals surface area contributed by atoms with E-state index in [4.69, 9.17) is 9.84 Å². The number of rotatable bonds is 5. The Kier molecular flexibility index (Phi) is 4.55. The van der Waals surface area contributed by atoms with Crippen molar-refractivity contribution >= 4 is 0 Å². The molecule has 0 aliphatic heterocycles. The maximum absolute atomic E-state index is 9.97. The van der Waals surface area contributed by atoms with Gasteiger partial charge >= 0.3 is 0 Å². The van der Waals surface area contributed by atoms with Gasteiger partial charge in [0.1, 0.15) is 11.5 Å². The van der Waals surface area contributed by atoms with E-state index < -0.39 is 6.10 Å². The highest BCUT2D eigenvalue weighted by Gasteiger charge is 2.11. The highest BCUT2D eigenvalue weighted by molar-refractivity contribution is 5.40. The van der Waals surface area contributed by atoms with Crippen LogP contribution in [0.4, 0.5) is 0 Å². The highest BCUT2D eigenvalue weighted by atomic mass is 16.5. The first-order valence-electron chi connectivity index (χ1n) is 6.39. The highest BCUT2D eigenvalue weighted by Crippen LogP contribution is 2.31. The van der Waals surface area contributed by atoms with E-state index in [1.54, 1.807) is 6.07 Å². The first kappa shape index (κ1) is 13.6. The van der Waals surface area contributed by atoms with E-state index in [0.717, 1.165) is 11.1 Å². The molecule has 0 saturated heterocycles. The quantitative estimate of drug-likeness (QED) is 0.864. The molecule has 0 aromatic heterocycles. The molecule has 0 unspecified atom stereocenters. The number of para-hydroxylation sites is 1. The van der Waals surface area contributed by atoms with E-state index in [0.29, 0.717) is 17.9 Å². The molecule has 3 nitrogen and oxygen atoms in total. The van der Waals surface area contributed by atoms with Gasteiger partial charge in [-0.25, -0.2) is 0 Å². The molecule has 0 heterocycles. The van der Waals surface area contributed by atoms with Gasteiger partial charge in [0.15, 0.2) is 0 Å². The summed E-state index contributed by atoms with van der Waals surface area (Å²) in [6, 6.07) is 14.7. The summed E-state index contributed by atoms with van der Waals surface area (Å²) in [7, 11) is 0. The summed E-state index contributed by atoms with van der Waals surface area (Å²) < 4.78 is 5.80. The van der Waals surface area contributed by atoms with Crippen LogP contribution in [0.1, 0.15) is 30.6 Å². The molecule has 1 atom stereocenters. The summed E-state index contributed by atoms with van der Waals surface area (Å²) >= 11 is 0. The van der Waals surface area contributed by atoms with Gasteiger partial charge in [0, 0.05) is 5.56 Å². The smallest absolute Gasteiger partial charge is 0.133 e. The van der Waals surface area contributed by atoms with Crippen LogP contribution in [0.5, 0.6) is 11.5 Å². The largest absolute Gasteiger partial charge is 0.457 e. The molecular formula is C16H18O3. The van der Waals surface area contributed by atoms with E-state index in [1.807, 2.05) is 49.4 Å². The molecule has 0 amide bonds. The lowest BCUT2D eigenvalue weighted by Crippen LogP contribution is -1.98. The second-order valence-corrected chi connectivity index (χ2v) is 4.37. The Balaban J connectivity index is 2.27. The van der Waals surface area contributed by atoms with Crippen molar-refractivity contribution in [1.29, 1.82) is 0 Å². The van der Waals surface area contributed by atoms with Crippen LogP contribution in [-0.2, 0) is 6.61 Å². The lowest BCUT2D eigenvalue weighted by Gasteiger charge is -2.15. The molecule has 3 heteroatoms. The molecule has 0 spiro atoms. The van der Waals surface area contributed by atoms with E-state index in [2.05, 4.69) is 0 Å². The molecule has 0 bridgehead atoms. The summed E-state index contributed by atoms with van der Waals surface area (Å²) in [5, 5.41) is 19.1. The number of benzene rings is 2. The first-order valence-corrected chi connectivity index (χ1v) is 6.39. The minimum atomic E-state index is -0.530. The summed E-state index contributed by atoms with van der Waals surface area (Å²) in [5.41, 5.74) is 1.57. The molecule has 0 aliphatic carbocycles. The van der Waals surface area contributed by atoms with Gasteiger partial charge in [-0.2, -0.15) is 0 Å². The molecule has 2 rings (SSSR count). The van der Waals surface area contributed by atoms with Crippen LogP contribution in [0.3, 0.4) is 0 Å². The fourth-order valence-electron chi connectivity index (χ4n) is 1.90. The average Bonchev–Trinajstić information content (AvgIpc) is 2.47. The van der Waals surface area contributed by atoms with Gasteiger partial charge in [-0.3, -0.25) is 0 Å². The van der Waals surface area contributed by atoms with Crippen LogP contribution in [0, 0.1) is 0 Å². The van der Waals surface area contributed by atoms with E-state index in [9.17, 15) is 5.11 Å². The fraction of sp³-hybridized carbons (Fsp3) is 0.250. The average molecular weight is 258 g/mol. The Labute approximate surface area is 113 Å². The lowest BCUT2D eigenvalue weighted by molar-refractivity contribution is 0.170. The number of aliphatic hydroxyl groups is 2. The third kappa shape index (κ3) is 3.34. The normalized spacial score (nSPS) is 12.2. The Morgan fingerprint density at radius 3 is 2.63 bits per heavy atom. The Morgan fingerprint density at radius 2 is 1.89 bits per heavy atom. The standard InChI is InChI=1S/C16H18O3/c1-2-15(18)14-8-3-4-9-16(14)19-13-7-5-6-12(10-13)11-17/h3-10,15,17-18H,2,11H2,1H3/t15-/m0/s1. The molecule has 2 N–H and O–H groups in total. The first-order chi connectivity index (χ1) is 9.24. The SMILES string of the molecule is CC[C@H](O)c1ccccc1Oc1cccc(CO)c1. The molecule has 19 heavy (non-hydrogen) atoms. The predicted molar refractivity (Wildman–Crippen MR) is 74.1 cm³/mol. The van der Waals surface area contributed by atoms with Crippen molar-refractivity contribution in [3.05, 3.63) is 59.7 Å². The Hall–Kier alpha value is -1.84. The molecule has 0 radical (unpaired) electrons. The van der Waals surface area contributed by atoms with Crippen LogP contribution in [-0.4, -0.2) is 10.2 Å². The lowest BCUT2D eigenvalue weighted by atomic mass is 10.1. The number of hydrogen-bond acceptors (Lipinski definition) is 3. The van der Waals surface area contributed by atoms with Crippen molar-refractivity contribution in [3.8, 4) is 11.5 Å². The van der Waals surface area contributed by atoms with Gasteiger partial charge in [-0.05, 0) is 30.2 Å². The van der Waals surface area contributed by atoms with Crippen molar-refractivity contribution in [1.82, 2.24) is 0 Å². The van der Waals surface area contributed by atoms with Gasteiger partial charge in [0.2, 0.25) is 0 Å². The van der Waals surface area contributed by atoms with Crippen LogP contribution in [0.25, 0.3) is 0 Å². The van der Waals surface area contributed by atoms with Crippen molar-refractivity contribution in [2.24, 2.45) is 0 Å². The third-order valence-corrected chi connectivity index (χ3v) is 2.97. The Morgan fingerprint density at radius 1 is 1.11 bits per heavy atom. The topological polar surface area (TPSA) is 49.7 Å². The summed E-state index contributed by atoms with van der Waals surface area (Å²) in [5.74, 6) is 1.30. The summed E-state index contributed by atoms with van der Waals surface area (Å²) in [6.07, 6.45) is 0.106. The van der Waals surface area contributed by atoms with Crippen molar-refractivity contribution in [3.63, 3.8) is 0 Å². The minimum absolute atomic E-state index is 0.0174. The molecule has 0 aliphatic rings. The molecule has 0 fully saturated rings. The maximum Gasteiger partial charge on any atom is 0.133 e. The van der Waals surface area contributed by atoms with Gasteiger partial charge in [-0.15, -0.1) is 0 Å². The summed E-state index contributed by atoms with van der Waals surface area (Å²) in [6.45, 7) is 1.91. The zero-order valence-electron chi connectivity index (χ0n) is 10.9. The minimum Gasteiger partial charge on any atom is -0.457 e. The Bertz CT molecular complexity index is 537. The molecule has 0 saturated carbocycles. The van der Waals surface area contributed by atoms with Crippen LogP contribution < -0.4 is 4.74 Å². The van der Waals surface area contributed by atoms with Crippen LogP contribution >= 0.6 is 0 Å². The zero-order valence-corrected chi connectivity index (χ0v) is 10.9. The summed E-state index contributed by atoms with van der Waals surface area (Å²) in [4.78, 5) is 0.